The van der Waals surface area contributed by atoms with Gasteiger partial charge in [-0.3, -0.25) is 4.79 Å². The van der Waals surface area contributed by atoms with Crippen LogP contribution in [0.2, 0.25) is 0 Å². The van der Waals surface area contributed by atoms with Crippen LogP contribution in [0.25, 0.3) is 0 Å². The Morgan fingerprint density at radius 2 is 2.19 bits per heavy atom. The number of benzene rings is 1. The predicted molar refractivity (Wildman–Crippen MR) is 59.1 cm³/mol. The van der Waals surface area contributed by atoms with Crippen molar-refractivity contribution in [3.63, 3.8) is 0 Å². The van der Waals surface area contributed by atoms with Crippen molar-refractivity contribution in [1.82, 2.24) is 0 Å². The van der Waals surface area contributed by atoms with E-state index in [9.17, 15) is 9.59 Å². The first kappa shape index (κ1) is 10.5. The van der Waals surface area contributed by atoms with Crippen LogP contribution in [-0.4, -0.2) is 19.1 Å². The molecule has 1 aliphatic heterocycles. The third kappa shape index (κ3) is 1.60. The minimum absolute atomic E-state index is 0.246. The molecule has 0 saturated heterocycles. The normalized spacial score (nSPS) is 14.6. The topological polar surface area (TPSA) is 72.6 Å². The van der Waals surface area contributed by atoms with Gasteiger partial charge in [0.15, 0.2) is 0 Å². The number of nitrogens with zero attached hydrogens (tertiary/aromatic N) is 1. The van der Waals surface area contributed by atoms with E-state index < -0.39 is 6.09 Å². The van der Waals surface area contributed by atoms with Crippen LogP contribution in [0.15, 0.2) is 18.2 Å². The van der Waals surface area contributed by atoms with Gasteiger partial charge in [-0.1, -0.05) is 0 Å². The molecule has 84 valence electrons. The zero-order valence-electron chi connectivity index (χ0n) is 8.90. The van der Waals surface area contributed by atoms with E-state index in [0.717, 1.165) is 10.5 Å². The van der Waals surface area contributed by atoms with Crippen molar-refractivity contribution in [2.24, 2.45) is 0 Å². The summed E-state index contributed by atoms with van der Waals surface area (Å²) in [6.07, 6.45) is 0.244. The van der Waals surface area contributed by atoms with Gasteiger partial charge in [-0.15, -0.1) is 0 Å². The van der Waals surface area contributed by atoms with Gasteiger partial charge in [0.25, 0.3) is 0 Å². The average Bonchev–Trinajstić information content (AvgIpc) is 2.28. The van der Waals surface area contributed by atoms with Gasteiger partial charge in [0, 0.05) is 12.1 Å². The second-order valence-corrected chi connectivity index (χ2v) is 3.59. The van der Waals surface area contributed by atoms with E-state index in [0.29, 0.717) is 24.2 Å². The number of nitrogens with two attached hydrogens (primary N) is 1. The zero-order valence-corrected chi connectivity index (χ0v) is 8.90. The molecule has 2 N–H and O–H groups in total. The van der Waals surface area contributed by atoms with Gasteiger partial charge < -0.3 is 10.5 Å². The van der Waals surface area contributed by atoms with Gasteiger partial charge in [0.1, 0.15) is 0 Å². The molecule has 2 amide bonds. The number of fused-ring (bicyclic) bond motifs is 1. The summed E-state index contributed by atoms with van der Waals surface area (Å²) in [6, 6.07) is 5.10. The molecular formula is C11H12N2O3. The number of anilines is 2. The van der Waals surface area contributed by atoms with E-state index in [1.54, 1.807) is 18.2 Å². The second-order valence-electron chi connectivity index (χ2n) is 3.59. The number of carbonyl (C=O) groups excluding carboxylic acids is 2. The average molecular weight is 220 g/mol. The molecule has 0 aliphatic carbocycles. The van der Waals surface area contributed by atoms with E-state index >= 15 is 0 Å². The molecule has 0 bridgehead atoms. The van der Waals surface area contributed by atoms with Crippen LogP contribution in [-0.2, 0) is 16.0 Å². The second kappa shape index (κ2) is 3.84. The Morgan fingerprint density at radius 1 is 1.44 bits per heavy atom. The monoisotopic (exact) mass is 220 g/mol. The summed E-state index contributed by atoms with van der Waals surface area (Å²) in [4.78, 5) is 24.2. The number of carbonyl (C=O) groups is 2. The number of methoxy groups -OCH3 is 1. The molecule has 0 unspecified atom stereocenters. The number of ether oxygens (including phenoxy) is 1. The Hall–Kier alpha value is -2.04. The van der Waals surface area contributed by atoms with Crippen molar-refractivity contribution in [3.8, 4) is 0 Å². The number of nitrogen functional groups attached to an aromatic ring is 1. The standard InChI is InChI=1S/C11H12N2O3/c1-16-11(15)13-9-4-3-8(12)6-7(9)2-5-10(13)14/h3-4,6H,2,5,12H2,1H3. The van der Waals surface area contributed by atoms with E-state index in [-0.39, 0.29) is 5.91 Å². The lowest BCUT2D eigenvalue weighted by atomic mass is 10.0. The molecule has 0 fully saturated rings. The molecule has 1 aromatic rings. The Bertz CT molecular complexity index is 457. The third-order valence-corrected chi connectivity index (χ3v) is 2.56. The van der Waals surface area contributed by atoms with Crippen molar-refractivity contribution >= 4 is 23.4 Å². The molecule has 0 atom stereocenters. The highest BCUT2D eigenvalue weighted by molar-refractivity contribution is 6.14. The molecular weight excluding hydrogens is 208 g/mol. The van der Waals surface area contributed by atoms with Gasteiger partial charge in [0.05, 0.1) is 12.8 Å². The molecule has 1 aliphatic rings. The predicted octanol–water partition coefficient (Wildman–Crippen LogP) is 1.31. The summed E-state index contributed by atoms with van der Waals surface area (Å²) in [6.45, 7) is 0. The van der Waals surface area contributed by atoms with Crippen LogP contribution in [0.1, 0.15) is 12.0 Å². The first-order chi connectivity index (χ1) is 7.63. The summed E-state index contributed by atoms with van der Waals surface area (Å²) >= 11 is 0. The molecule has 5 heteroatoms. The van der Waals surface area contributed by atoms with Gasteiger partial charge >= 0.3 is 6.09 Å². The summed E-state index contributed by atoms with van der Waals surface area (Å²) in [5, 5.41) is 0. The van der Waals surface area contributed by atoms with E-state index in [2.05, 4.69) is 4.74 Å². The number of hydrogen-bond acceptors (Lipinski definition) is 4. The lowest BCUT2D eigenvalue weighted by Gasteiger charge is -2.26. The van der Waals surface area contributed by atoms with Gasteiger partial charge in [-0.05, 0) is 30.2 Å². The van der Waals surface area contributed by atoms with E-state index in [1.165, 1.54) is 7.11 Å². The van der Waals surface area contributed by atoms with Crippen LogP contribution in [0.3, 0.4) is 0 Å². The van der Waals surface area contributed by atoms with Crippen molar-refractivity contribution in [2.45, 2.75) is 12.8 Å². The summed E-state index contributed by atoms with van der Waals surface area (Å²) in [5.74, 6) is -0.246. The number of rotatable bonds is 0. The van der Waals surface area contributed by atoms with Gasteiger partial charge in [-0.2, -0.15) is 0 Å². The highest BCUT2D eigenvalue weighted by atomic mass is 16.5. The molecule has 0 radical (unpaired) electrons. The third-order valence-electron chi connectivity index (χ3n) is 2.56. The number of hydrogen-bond donors (Lipinski definition) is 1. The number of amides is 2. The summed E-state index contributed by atoms with van der Waals surface area (Å²) in [7, 11) is 1.25. The smallest absolute Gasteiger partial charge is 0.420 e. The van der Waals surface area contributed by atoms with Crippen molar-refractivity contribution in [2.75, 3.05) is 17.7 Å². The number of aryl methyl sites for hydroxylation is 1. The Kier molecular flexibility index (Phi) is 2.52. The van der Waals surface area contributed by atoms with Crippen LogP contribution in [0.5, 0.6) is 0 Å². The molecule has 2 rings (SSSR count). The molecule has 1 heterocycles. The quantitative estimate of drug-likeness (QED) is 0.669. The first-order valence-electron chi connectivity index (χ1n) is 4.93. The first-order valence-corrected chi connectivity index (χ1v) is 4.93. The summed E-state index contributed by atoms with van der Waals surface area (Å²) < 4.78 is 4.58. The number of imide groups is 1. The highest BCUT2D eigenvalue weighted by Gasteiger charge is 2.30. The van der Waals surface area contributed by atoms with Crippen LogP contribution in [0, 0.1) is 0 Å². The Labute approximate surface area is 92.8 Å². The lowest BCUT2D eigenvalue weighted by Crippen LogP contribution is -2.40. The SMILES string of the molecule is COC(=O)N1C(=O)CCc2cc(N)ccc21. The molecule has 16 heavy (non-hydrogen) atoms. The van der Waals surface area contributed by atoms with Gasteiger partial charge in [-0.25, -0.2) is 9.69 Å². The maximum absolute atomic E-state index is 11.6. The van der Waals surface area contributed by atoms with Crippen LogP contribution < -0.4 is 10.6 Å². The van der Waals surface area contributed by atoms with Crippen molar-refractivity contribution < 1.29 is 14.3 Å². The zero-order chi connectivity index (χ0) is 11.7. The Morgan fingerprint density at radius 3 is 2.88 bits per heavy atom. The largest absolute Gasteiger partial charge is 0.452 e. The van der Waals surface area contributed by atoms with E-state index in [1.807, 2.05) is 0 Å². The maximum Gasteiger partial charge on any atom is 0.420 e. The fraction of sp³-hybridized carbons (Fsp3) is 0.273. The minimum Gasteiger partial charge on any atom is -0.452 e. The fourth-order valence-electron chi connectivity index (χ4n) is 1.80. The Balaban J connectivity index is 2.48. The lowest BCUT2D eigenvalue weighted by molar-refractivity contribution is -0.118. The fourth-order valence-corrected chi connectivity index (χ4v) is 1.80. The van der Waals surface area contributed by atoms with Gasteiger partial charge in [0.2, 0.25) is 5.91 Å². The maximum atomic E-state index is 11.6. The van der Waals surface area contributed by atoms with Crippen molar-refractivity contribution in [3.05, 3.63) is 23.8 Å². The molecule has 0 saturated carbocycles. The minimum atomic E-state index is -0.657. The molecule has 5 nitrogen and oxygen atoms in total. The van der Waals surface area contributed by atoms with E-state index in [4.69, 9.17) is 5.73 Å². The highest BCUT2D eigenvalue weighted by Crippen LogP contribution is 2.29. The molecule has 1 aromatic carbocycles. The van der Waals surface area contributed by atoms with Crippen LogP contribution >= 0.6 is 0 Å². The molecule has 0 aromatic heterocycles. The molecule has 0 spiro atoms. The summed E-state index contributed by atoms with van der Waals surface area (Å²) in [5.41, 5.74) is 7.73. The van der Waals surface area contributed by atoms with Crippen LogP contribution in [0.4, 0.5) is 16.2 Å². The van der Waals surface area contributed by atoms with Crippen molar-refractivity contribution in [1.29, 1.82) is 0 Å².